The van der Waals surface area contributed by atoms with Crippen LogP contribution in [0.2, 0.25) is 0 Å². The van der Waals surface area contributed by atoms with Gasteiger partial charge in [-0.15, -0.1) is 11.3 Å². The Hall–Kier alpha value is -1.74. The number of carbonyl (C=O) groups is 1. The zero-order valence-corrected chi connectivity index (χ0v) is 14.7. The molecule has 0 spiro atoms. The Balaban J connectivity index is 1.67. The Kier molecular flexibility index (Phi) is 4.97. The van der Waals surface area contributed by atoms with Gasteiger partial charge in [0.15, 0.2) is 0 Å². The molecule has 3 rings (SSSR count). The zero-order chi connectivity index (χ0) is 18.2. The van der Waals surface area contributed by atoms with Crippen molar-refractivity contribution < 1.29 is 22.7 Å². The van der Waals surface area contributed by atoms with Gasteiger partial charge in [0.05, 0.1) is 17.2 Å². The molecule has 0 saturated heterocycles. The van der Waals surface area contributed by atoms with Crippen LogP contribution < -0.4 is 5.32 Å². The molecule has 0 atom stereocenters. The van der Waals surface area contributed by atoms with Gasteiger partial charge >= 0.3 is 6.18 Å². The van der Waals surface area contributed by atoms with Gasteiger partial charge in [0.2, 0.25) is 0 Å². The molecule has 0 radical (unpaired) electrons. The molecule has 2 aromatic rings. The lowest BCUT2D eigenvalue weighted by Gasteiger charge is -2.08. The molecule has 0 aromatic carbocycles. The van der Waals surface area contributed by atoms with Crippen LogP contribution in [0, 0.1) is 13.8 Å². The van der Waals surface area contributed by atoms with Crippen LogP contribution in [0.1, 0.15) is 45.5 Å². The Morgan fingerprint density at radius 1 is 1.32 bits per heavy atom. The molecule has 1 aliphatic rings. The first-order chi connectivity index (χ1) is 11.8. The van der Waals surface area contributed by atoms with E-state index in [4.69, 9.17) is 0 Å². The molecule has 0 bridgehead atoms. The molecule has 136 valence electrons. The quantitative estimate of drug-likeness (QED) is 0.788. The van der Waals surface area contributed by atoms with Crippen molar-refractivity contribution in [3.63, 3.8) is 0 Å². The Bertz CT molecular complexity index is 800. The van der Waals surface area contributed by atoms with Crippen molar-refractivity contribution in [1.29, 1.82) is 0 Å². The van der Waals surface area contributed by atoms with Crippen LogP contribution in [0.4, 0.5) is 13.2 Å². The second-order valence-electron chi connectivity index (χ2n) is 6.10. The number of rotatable bonds is 6. The Morgan fingerprint density at radius 3 is 2.68 bits per heavy atom. The topological polar surface area (TPSA) is 64.1 Å². The van der Waals surface area contributed by atoms with Crippen molar-refractivity contribution in [1.82, 2.24) is 15.3 Å². The molecule has 0 unspecified atom stereocenters. The molecule has 25 heavy (non-hydrogen) atoms. The van der Waals surface area contributed by atoms with Crippen LogP contribution in [-0.2, 0) is 4.74 Å². The predicted molar refractivity (Wildman–Crippen MR) is 88.1 cm³/mol. The van der Waals surface area contributed by atoms with E-state index in [-0.39, 0.29) is 19.1 Å². The minimum absolute atomic E-state index is 0.0145. The molecule has 1 saturated carbocycles. The molecule has 0 aliphatic heterocycles. The van der Waals surface area contributed by atoms with Crippen molar-refractivity contribution in [3.8, 4) is 0 Å². The lowest BCUT2D eigenvalue weighted by molar-refractivity contribution is -0.173. The number of fused-ring (bicyclic) bond motifs is 1. The first kappa shape index (κ1) is 18.1. The highest BCUT2D eigenvalue weighted by atomic mass is 32.1. The summed E-state index contributed by atoms with van der Waals surface area (Å²) in [5.74, 6) is 0.927. The number of amides is 1. The number of aromatic nitrogens is 2. The van der Waals surface area contributed by atoms with Gasteiger partial charge in [0, 0.05) is 17.8 Å². The highest BCUT2D eigenvalue weighted by molar-refractivity contribution is 7.20. The fourth-order valence-corrected chi connectivity index (χ4v) is 3.76. The molecule has 9 heteroatoms. The smallest absolute Gasteiger partial charge is 0.370 e. The molecule has 1 aliphatic carbocycles. The van der Waals surface area contributed by atoms with Gasteiger partial charge in [-0.3, -0.25) is 4.79 Å². The lowest BCUT2D eigenvalue weighted by atomic mass is 10.1. The third-order valence-electron chi connectivity index (χ3n) is 3.93. The number of nitrogens with one attached hydrogen (secondary N) is 1. The van der Waals surface area contributed by atoms with E-state index >= 15 is 0 Å². The van der Waals surface area contributed by atoms with Crippen LogP contribution in [0.15, 0.2) is 0 Å². The van der Waals surface area contributed by atoms with Crippen LogP contribution in [0.25, 0.3) is 10.2 Å². The Morgan fingerprint density at radius 2 is 2.04 bits per heavy atom. The summed E-state index contributed by atoms with van der Waals surface area (Å²) in [5, 5.41) is 3.47. The van der Waals surface area contributed by atoms with Crippen LogP contribution in [0.3, 0.4) is 0 Å². The number of hydrogen-bond acceptors (Lipinski definition) is 5. The minimum Gasteiger partial charge on any atom is -0.370 e. The van der Waals surface area contributed by atoms with E-state index in [1.54, 1.807) is 0 Å². The standard InChI is InChI=1S/C16H18F3N3O2S/c1-8-11-9(2)21-13(10-3-4-10)22-15(11)25-12(8)14(23)20-5-6-24-7-16(17,18)19/h10H,3-7H2,1-2H3,(H,20,23). The highest BCUT2D eigenvalue weighted by Crippen LogP contribution is 2.40. The van der Waals surface area contributed by atoms with Crippen molar-refractivity contribution in [2.24, 2.45) is 0 Å². The second-order valence-corrected chi connectivity index (χ2v) is 7.10. The third-order valence-corrected chi connectivity index (χ3v) is 5.12. The summed E-state index contributed by atoms with van der Waals surface area (Å²) in [7, 11) is 0. The number of halogens is 3. The highest BCUT2D eigenvalue weighted by Gasteiger charge is 2.29. The summed E-state index contributed by atoms with van der Waals surface area (Å²) in [5.41, 5.74) is 1.65. The maximum atomic E-state index is 12.3. The van der Waals surface area contributed by atoms with Gasteiger partial charge in [0.1, 0.15) is 17.3 Å². The minimum atomic E-state index is -4.36. The van der Waals surface area contributed by atoms with Gasteiger partial charge in [-0.1, -0.05) is 0 Å². The first-order valence-corrected chi connectivity index (χ1v) is 8.78. The zero-order valence-electron chi connectivity index (χ0n) is 13.9. The van der Waals surface area contributed by atoms with Gasteiger partial charge in [-0.05, 0) is 32.3 Å². The van der Waals surface area contributed by atoms with Crippen LogP contribution >= 0.6 is 11.3 Å². The summed E-state index contributed by atoms with van der Waals surface area (Å²) in [6.45, 7) is 2.24. The fourth-order valence-electron chi connectivity index (χ4n) is 2.61. The summed E-state index contributed by atoms with van der Waals surface area (Å²) in [6.07, 6.45) is -2.16. The lowest BCUT2D eigenvalue weighted by Crippen LogP contribution is -2.28. The van der Waals surface area contributed by atoms with Crippen LogP contribution in [0.5, 0.6) is 0 Å². The van der Waals surface area contributed by atoms with Crippen molar-refractivity contribution in [3.05, 3.63) is 22.0 Å². The van der Waals surface area contributed by atoms with E-state index in [1.165, 1.54) is 11.3 Å². The monoisotopic (exact) mass is 373 g/mol. The molecular weight excluding hydrogens is 355 g/mol. The number of thiophene rings is 1. The largest absolute Gasteiger partial charge is 0.411 e. The van der Waals surface area contributed by atoms with Crippen molar-refractivity contribution in [2.45, 2.75) is 38.8 Å². The number of aryl methyl sites for hydroxylation is 2. The normalized spacial score (nSPS) is 14.9. The number of hydrogen-bond donors (Lipinski definition) is 1. The van der Waals surface area contributed by atoms with E-state index in [2.05, 4.69) is 20.0 Å². The molecule has 2 aromatic heterocycles. The van der Waals surface area contributed by atoms with Gasteiger partial charge in [-0.25, -0.2) is 9.97 Å². The first-order valence-electron chi connectivity index (χ1n) is 7.96. The van der Waals surface area contributed by atoms with E-state index in [0.717, 1.165) is 40.1 Å². The number of alkyl halides is 3. The van der Waals surface area contributed by atoms with E-state index < -0.39 is 12.8 Å². The van der Waals surface area contributed by atoms with Crippen molar-refractivity contribution >= 4 is 27.5 Å². The molecule has 1 fully saturated rings. The Labute approximate surface area is 146 Å². The molecular formula is C16H18F3N3O2S. The van der Waals surface area contributed by atoms with Gasteiger partial charge in [-0.2, -0.15) is 13.2 Å². The van der Waals surface area contributed by atoms with E-state index in [9.17, 15) is 18.0 Å². The molecule has 2 heterocycles. The number of ether oxygens (including phenoxy) is 1. The molecule has 5 nitrogen and oxygen atoms in total. The fraction of sp³-hybridized carbons (Fsp3) is 0.562. The van der Waals surface area contributed by atoms with E-state index in [1.807, 2.05) is 13.8 Å². The van der Waals surface area contributed by atoms with Crippen molar-refractivity contribution in [2.75, 3.05) is 19.8 Å². The number of carbonyl (C=O) groups excluding carboxylic acids is 1. The molecule has 1 amide bonds. The van der Waals surface area contributed by atoms with Gasteiger partial charge in [0.25, 0.3) is 5.91 Å². The SMILES string of the molecule is Cc1nc(C2CC2)nc2sc(C(=O)NCCOCC(F)(F)F)c(C)c12. The summed E-state index contributed by atoms with van der Waals surface area (Å²) in [4.78, 5) is 22.7. The van der Waals surface area contributed by atoms with E-state index in [0.29, 0.717) is 10.8 Å². The maximum absolute atomic E-state index is 12.3. The predicted octanol–water partition coefficient (Wildman–Crippen LogP) is 3.49. The van der Waals surface area contributed by atoms with Gasteiger partial charge < -0.3 is 10.1 Å². The third kappa shape index (κ3) is 4.27. The second kappa shape index (κ2) is 6.87. The number of nitrogens with zero attached hydrogens (tertiary/aromatic N) is 2. The molecule has 1 N–H and O–H groups in total. The summed E-state index contributed by atoms with van der Waals surface area (Å²) < 4.78 is 40.4. The maximum Gasteiger partial charge on any atom is 0.411 e. The average molecular weight is 373 g/mol. The average Bonchev–Trinajstić information content (AvgIpc) is 3.30. The summed E-state index contributed by atoms with van der Waals surface area (Å²) in [6, 6.07) is 0. The van der Waals surface area contributed by atoms with Crippen LogP contribution in [-0.4, -0.2) is 41.8 Å². The summed E-state index contributed by atoms with van der Waals surface area (Å²) >= 11 is 1.29.